The summed E-state index contributed by atoms with van der Waals surface area (Å²) >= 11 is 0. The zero-order valence-corrected chi connectivity index (χ0v) is 12.0. The molecule has 0 aromatic heterocycles. The second-order valence-corrected chi connectivity index (χ2v) is 4.78. The number of rotatable bonds is 6. The molecule has 1 heterocycles. The largest absolute Gasteiger partial charge is 0.481 e. The Kier molecular flexibility index (Phi) is 6.27. The standard InChI is InChI=1S/C13H22N2O5/c1-3-6-14(9-11(16)20-4-2)13(19)15-7-5-10(8-15)12(17)18/h10H,3-9H2,1-2H3,(H,17,18). The van der Waals surface area contributed by atoms with Crippen LogP contribution >= 0.6 is 0 Å². The first-order valence-electron chi connectivity index (χ1n) is 6.91. The smallest absolute Gasteiger partial charge is 0.325 e. The summed E-state index contributed by atoms with van der Waals surface area (Å²) in [6, 6.07) is -0.288. The number of carbonyl (C=O) groups excluding carboxylic acids is 2. The molecule has 0 aliphatic carbocycles. The fourth-order valence-electron chi connectivity index (χ4n) is 2.21. The van der Waals surface area contributed by atoms with Crippen molar-refractivity contribution in [3.63, 3.8) is 0 Å². The summed E-state index contributed by atoms with van der Waals surface area (Å²) in [5, 5.41) is 8.94. The zero-order valence-electron chi connectivity index (χ0n) is 12.0. The van der Waals surface area contributed by atoms with E-state index < -0.39 is 17.9 Å². The van der Waals surface area contributed by atoms with Gasteiger partial charge in [-0.15, -0.1) is 0 Å². The van der Waals surface area contributed by atoms with E-state index >= 15 is 0 Å². The number of hydrogen-bond donors (Lipinski definition) is 1. The number of carboxylic acid groups (broad SMARTS) is 1. The molecule has 7 heteroatoms. The van der Waals surface area contributed by atoms with E-state index in [0.29, 0.717) is 19.5 Å². The molecule has 0 aromatic carbocycles. The molecule has 0 bridgehead atoms. The lowest BCUT2D eigenvalue weighted by atomic mass is 10.1. The van der Waals surface area contributed by atoms with Gasteiger partial charge in [0.2, 0.25) is 0 Å². The van der Waals surface area contributed by atoms with Crippen molar-refractivity contribution in [2.24, 2.45) is 5.92 Å². The minimum absolute atomic E-state index is 0.0885. The highest BCUT2D eigenvalue weighted by Crippen LogP contribution is 2.18. The van der Waals surface area contributed by atoms with Gasteiger partial charge in [0, 0.05) is 19.6 Å². The number of carboxylic acids is 1. The van der Waals surface area contributed by atoms with Crippen LogP contribution in [0.4, 0.5) is 4.79 Å². The quantitative estimate of drug-likeness (QED) is 0.729. The fourth-order valence-corrected chi connectivity index (χ4v) is 2.21. The summed E-state index contributed by atoms with van der Waals surface area (Å²) < 4.78 is 4.85. The third-order valence-electron chi connectivity index (χ3n) is 3.20. The lowest BCUT2D eigenvalue weighted by Crippen LogP contribution is -2.45. The van der Waals surface area contributed by atoms with Crippen molar-refractivity contribution in [3.8, 4) is 0 Å². The Morgan fingerprint density at radius 3 is 2.55 bits per heavy atom. The van der Waals surface area contributed by atoms with Crippen LogP contribution in [-0.4, -0.2) is 65.7 Å². The predicted molar refractivity (Wildman–Crippen MR) is 71.2 cm³/mol. The van der Waals surface area contributed by atoms with Crippen molar-refractivity contribution in [1.82, 2.24) is 9.80 Å². The highest BCUT2D eigenvalue weighted by Gasteiger charge is 2.33. The normalized spacial score (nSPS) is 17.9. The molecule has 114 valence electrons. The molecule has 0 spiro atoms. The van der Waals surface area contributed by atoms with Crippen molar-refractivity contribution < 1.29 is 24.2 Å². The number of likely N-dealkylation sites (tertiary alicyclic amines) is 1. The molecule has 1 atom stereocenters. The average molecular weight is 286 g/mol. The Morgan fingerprint density at radius 1 is 1.35 bits per heavy atom. The van der Waals surface area contributed by atoms with Crippen LogP contribution in [0.5, 0.6) is 0 Å². The lowest BCUT2D eigenvalue weighted by molar-refractivity contribution is -0.144. The Hall–Kier alpha value is -1.79. The average Bonchev–Trinajstić information content (AvgIpc) is 2.87. The van der Waals surface area contributed by atoms with Gasteiger partial charge in [0.15, 0.2) is 0 Å². The Morgan fingerprint density at radius 2 is 2.05 bits per heavy atom. The zero-order chi connectivity index (χ0) is 15.1. The minimum Gasteiger partial charge on any atom is -0.481 e. The molecule has 1 rings (SSSR count). The molecule has 1 aliphatic heterocycles. The molecule has 2 amide bonds. The van der Waals surface area contributed by atoms with E-state index in [-0.39, 0.29) is 25.7 Å². The van der Waals surface area contributed by atoms with Gasteiger partial charge in [-0.1, -0.05) is 6.92 Å². The van der Waals surface area contributed by atoms with Crippen LogP contribution in [0.15, 0.2) is 0 Å². The van der Waals surface area contributed by atoms with E-state index in [1.165, 1.54) is 9.80 Å². The van der Waals surface area contributed by atoms with Gasteiger partial charge < -0.3 is 19.6 Å². The van der Waals surface area contributed by atoms with Crippen molar-refractivity contribution in [3.05, 3.63) is 0 Å². The van der Waals surface area contributed by atoms with Crippen molar-refractivity contribution >= 4 is 18.0 Å². The molecule has 1 N–H and O–H groups in total. The molecule has 1 aliphatic rings. The summed E-state index contributed by atoms with van der Waals surface area (Å²) in [5.74, 6) is -1.83. The lowest BCUT2D eigenvalue weighted by Gasteiger charge is -2.26. The van der Waals surface area contributed by atoms with Gasteiger partial charge in [-0.05, 0) is 19.8 Å². The van der Waals surface area contributed by atoms with Crippen LogP contribution in [0, 0.1) is 5.92 Å². The van der Waals surface area contributed by atoms with Gasteiger partial charge in [-0.25, -0.2) is 4.79 Å². The summed E-state index contributed by atoms with van der Waals surface area (Å²) in [4.78, 5) is 37.6. The number of carbonyl (C=O) groups is 3. The molecule has 1 fully saturated rings. The van der Waals surface area contributed by atoms with E-state index in [9.17, 15) is 14.4 Å². The summed E-state index contributed by atoms with van der Waals surface area (Å²) in [6.07, 6.45) is 1.18. The Balaban J connectivity index is 2.60. The number of esters is 1. The van der Waals surface area contributed by atoms with Gasteiger partial charge in [0.25, 0.3) is 0 Å². The number of ether oxygens (including phenoxy) is 1. The molecule has 20 heavy (non-hydrogen) atoms. The van der Waals surface area contributed by atoms with Crippen LogP contribution < -0.4 is 0 Å². The van der Waals surface area contributed by atoms with Crippen molar-refractivity contribution in [1.29, 1.82) is 0 Å². The molecular weight excluding hydrogens is 264 g/mol. The van der Waals surface area contributed by atoms with Gasteiger partial charge in [-0.3, -0.25) is 9.59 Å². The topological polar surface area (TPSA) is 87.2 Å². The summed E-state index contributed by atoms with van der Waals surface area (Å²) in [6.45, 7) is 4.88. The molecule has 0 saturated carbocycles. The second-order valence-electron chi connectivity index (χ2n) is 4.78. The van der Waals surface area contributed by atoms with Crippen LogP contribution in [0.25, 0.3) is 0 Å². The van der Waals surface area contributed by atoms with E-state index in [1.807, 2.05) is 6.92 Å². The molecule has 1 saturated heterocycles. The minimum atomic E-state index is -0.882. The van der Waals surface area contributed by atoms with Gasteiger partial charge in [-0.2, -0.15) is 0 Å². The van der Waals surface area contributed by atoms with E-state index in [2.05, 4.69) is 0 Å². The predicted octanol–water partition coefficient (Wildman–Crippen LogP) is 0.788. The number of nitrogens with zero attached hydrogens (tertiary/aromatic N) is 2. The summed E-state index contributed by atoms with van der Waals surface area (Å²) in [5.41, 5.74) is 0. The van der Waals surface area contributed by atoms with Crippen molar-refractivity contribution in [2.45, 2.75) is 26.7 Å². The Labute approximate surface area is 118 Å². The third-order valence-corrected chi connectivity index (χ3v) is 3.20. The van der Waals surface area contributed by atoms with E-state index in [1.54, 1.807) is 6.92 Å². The second kappa shape index (κ2) is 7.72. The van der Waals surface area contributed by atoms with Crippen LogP contribution in [-0.2, 0) is 14.3 Å². The first kappa shape index (κ1) is 16.3. The number of hydrogen-bond acceptors (Lipinski definition) is 4. The number of urea groups is 1. The highest BCUT2D eigenvalue weighted by atomic mass is 16.5. The molecule has 0 radical (unpaired) electrons. The highest BCUT2D eigenvalue weighted by molar-refractivity contribution is 5.82. The van der Waals surface area contributed by atoms with Gasteiger partial charge >= 0.3 is 18.0 Å². The molecule has 7 nitrogen and oxygen atoms in total. The van der Waals surface area contributed by atoms with E-state index in [4.69, 9.17) is 9.84 Å². The number of aliphatic carboxylic acids is 1. The van der Waals surface area contributed by atoms with Crippen molar-refractivity contribution in [2.75, 3.05) is 32.8 Å². The maximum atomic E-state index is 12.3. The Bertz CT molecular complexity index is 372. The number of amides is 2. The maximum Gasteiger partial charge on any atom is 0.325 e. The molecular formula is C13H22N2O5. The van der Waals surface area contributed by atoms with Crippen LogP contribution in [0.1, 0.15) is 26.7 Å². The van der Waals surface area contributed by atoms with Crippen LogP contribution in [0.2, 0.25) is 0 Å². The first-order valence-corrected chi connectivity index (χ1v) is 6.91. The van der Waals surface area contributed by atoms with Crippen LogP contribution in [0.3, 0.4) is 0 Å². The van der Waals surface area contributed by atoms with Gasteiger partial charge in [0.05, 0.1) is 12.5 Å². The molecule has 1 unspecified atom stereocenters. The fraction of sp³-hybridized carbons (Fsp3) is 0.769. The van der Waals surface area contributed by atoms with Gasteiger partial charge in [0.1, 0.15) is 6.54 Å². The third kappa shape index (κ3) is 4.40. The SMILES string of the molecule is CCCN(CC(=O)OCC)C(=O)N1CCC(C(=O)O)C1. The monoisotopic (exact) mass is 286 g/mol. The molecule has 0 aromatic rings. The maximum absolute atomic E-state index is 12.3. The summed E-state index contributed by atoms with van der Waals surface area (Å²) in [7, 11) is 0. The first-order chi connectivity index (χ1) is 9.49. The van der Waals surface area contributed by atoms with E-state index in [0.717, 1.165) is 6.42 Å².